The lowest BCUT2D eigenvalue weighted by atomic mass is 9.85. The molecule has 0 aliphatic carbocycles. The van der Waals surface area contributed by atoms with Gasteiger partial charge in [-0.15, -0.1) is 0 Å². The molecule has 0 saturated carbocycles. The van der Waals surface area contributed by atoms with Crippen molar-refractivity contribution in [3.05, 3.63) is 78.2 Å². The van der Waals surface area contributed by atoms with E-state index in [9.17, 15) is 4.79 Å². The number of rotatable bonds is 5. The molecule has 24 heavy (non-hydrogen) atoms. The van der Waals surface area contributed by atoms with Gasteiger partial charge in [-0.2, -0.15) is 0 Å². The first-order chi connectivity index (χ1) is 11.6. The summed E-state index contributed by atoms with van der Waals surface area (Å²) in [5.41, 5.74) is 1.68. The van der Waals surface area contributed by atoms with Gasteiger partial charge in [0.25, 0.3) is 0 Å². The summed E-state index contributed by atoms with van der Waals surface area (Å²) in [4.78, 5) is 16.8. The number of hydrogen-bond donors (Lipinski definition) is 0. The van der Waals surface area contributed by atoms with Gasteiger partial charge in [-0.05, 0) is 31.5 Å². The quantitative estimate of drug-likeness (QED) is 0.655. The summed E-state index contributed by atoms with van der Waals surface area (Å²) in [6.45, 7) is 3.79. The number of ether oxygens (including phenoxy) is 1. The molecular weight excluding hydrogens is 302 g/mol. The summed E-state index contributed by atoms with van der Waals surface area (Å²) >= 11 is 0. The molecule has 122 valence electrons. The highest BCUT2D eigenvalue weighted by Gasteiger charge is 2.31. The molecule has 4 nitrogen and oxygen atoms in total. The number of carbonyl (C=O) groups is 1. The van der Waals surface area contributed by atoms with Crippen LogP contribution in [0.2, 0.25) is 0 Å². The van der Waals surface area contributed by atoms with Crippen LogP contribution in [0.5, 0.6) is 0 Å². The van der Waals surface area contributed by atoms with Crippen LogP contribution in [0.3, 0.4) is 0 Å². The van der Waals surface area contributed by atoms with Gasteiger partial charge in [0.15, 0.2) is 0 Å². The second-order valence-electron chi connectivity index (χ2n) is 6.08. The summed E-state index contributed by atoms with van der Waals surface area (Å²) in [7, 11) is 0. The van der Waals surface area contributed by atoms with E-state index in [0.29, 0.717) is 11.6 Å². The predicted octanol–water partition coefficient (Wildman–Crippen LogP) is 4.36. The van der Waals surface area contributed by atoms with Gasteiger partial charge in [0.05, 0.1) is 5.41 Å². The normalized spacial score (nSPS) is 11.2. The van der Waals surface area contributed by atoms with Crippen molar-refractivity contribution in [3.63, 3.8) is 0 Å². The minimum Gasteiger partial charge on any atom is -0.458 e. The van der Waals surface area contributed by atoms with Crippen molar-refractivity contribution in [1.29, 1.82) is 0 Å². The SMILES string of the molecule is CC(C)(C(=O)OCc1coc(-c2ccccc2)n1)c1ccccc1. The van der Waals surface area contributed by atoms with Crippen LogP contribution >= 0.6 is 0 Å². The Balaban J connectivity index is 1.66. The number of oxazole rings is 1. The lowest BCUT2D eigenvalue weighted by Gasteiger charge is -2.22. The second kappa shape index (κ2) is 6.71. The lowest BCUT2D eigenvalue weighted by Crippen LogP contribution is -2.30. The summed E-state index contributed by atoms with van der Waals surface area (Å²) in [5, 5.41) is 0. The maximum Gasteiger partial charge on any atom is 0.316 e. The molecule has 1 heterocycles. The van der Waals surface area contributed by atoms with Crippen LogP contribution in [-0.2, 0) is 21.6 Å². The Morgan fingerprint density at radius 3 is 2.33 bits per heavy atom. The molecule has 4 heteroatoms. The number of nitrogens with zero attached hydrogens (tertiary/aromatic N) is 1. The summed E-state index contributed by atoms with van der Waals surface area (Å²) in [6, 6.07) is 19.2. The fourth-order valence-electron chi connectivity index (χ4n) is 2.38. The number of benzene rings is 2. The van der Waals surface area contributed by atoms with Gasteiger partial charge < -0.3 is 9.15 Å². The Hall–Kier alpha value is -2.88. The molecule has 0 radical (unpaired) electrons. The number of carbonyl (C=O) groups excluding carboxylic acids is 1. The molecule has 1 aromatic heterocycles. The molecule has 0 bridgehead atoms. The van der Waals surface area contributed by atoms with Crippen molar-refractivity contribution in [2.45, 2.75) is 25.9 Å². The minimum absolute atomic E-state index is 0.0887. The molecule has 0 spiro atoms. The van der Waals surface area contributed by atoms with Crippen LogP contribution in [0, 0.1) is 0 Å². The van der Waals surface area contributed by atoms with E-state index in [1.54, 1.807) is 0 Å². The van der Waals surface area contributed by atoms with Gasteiger partial charge in [0.2, 0.25) is 5.89 Å². The third kappa shape index (κ3) is 3.38. The minimum atomic E-state index is -0.715. The number of aromatic nitrogens is 1. The molecular formula is C20H19NO3. The first-order valence-electron chi connectivity index (χ1n) is 7.80. The summed E-state index contributed by atoms with van der Waals surface area (Å²) < 4.78 is 10.9. The molecule has 3 aromatic rings. The number of hydrogen-bond acceptors (Lipinski definition) is 4. The zero-order chi connectivity index (χ0) is 17.0. The molecule has 0 saturated heterocycles. The Kier molecular flexibility index (Phi) is 4.47. The lowest BCUT2D eigenvalue weighted by molar-refractivity contribution is -0.150. The van der Waals surface area contributed by atoms with Gasteiger partial charge in [-0.1, -0.05) is 48.5 Å². The Morgan fingerprint density at radius 2 is 1.67 bits per heavy atom. The smallest absolute Gasteiger partial charge is 0.316 e. The Labute approximate surface area is 141 Å². The molecule has 0 aliphatic rings. The van der Waals surface area contributed by atoms with Crippen molar-refractivity contribution in [1.82, 2.24) is 4.98 Å². The summed E-state index contributed by atoms with van der Waals surface area (Å²) in [5.74, 6) is 0.224. The largest absolute Gasteiger partial charge is 0.458 e. The van der Waals surface area contributed by atoms with Gasteiger partial charge in [-0.3, -0.25) is 4.79 Å². The third-order valence-corrected chi connectivity index (χ3v) is 3.93. The van der Waals surface area contributed by atoms with E-state index >= 15 is 0 Å². The van der Waals surface area contributed by atoms with E-state index in [1.165, 1.54) is 6.26 Å². The van der Waals surface area contributed by atoms with Crippen LogP contribution in [0.15, 0.2) is 71.3 Å². The average Bonchev–Trinajstić information content (AvgIpc) is 3.10. The molecule has 3 rings (SSSR count). The van der Waals surface area contributed by atoms with Crippen molar-refractivity contribution in [2.24, 2.45) is 0 Å². The molecule has 0 aliphatic heterocycles. The van der Waals surface area contributed by atoms with Crippen LogP contribution < -0.4 is 0 Å². The fourth-order valence-corrected chi connectivity index (χ4v) is 2.38. The molecule has 0 unspecified atom stereocenters. The molecule has 0 amide bonds. The van der Waals surface area contributed by atoms with E-state index in [-0.39, 0.29) is 12.6 Å². The number of esters is 1. The van der Waals surface area contributed by atoms with E-state index < -0.39 is 5.41 Å². The second-order valence-corrected chi connectivity index (χ2v) is 6.08. The van der Waals surface area contributed by atoms with Gasteiger partial charge in [0, 0.05) is 5.56 Å². The average molecular weight is 321 g/mol. The highest BCUT2D eigenvalue weighted by molar-refractivity contribution is 5.82. The molecule has 2 aromatic carbocycles. The standard InChI is InChI=1S/C20H19NO3/c1-20(2,16-11-7-4-8-12-16)19(22)24-14-17-13-23-18(21-17)15-9-5-3-6-10-15/h3-13H,14H2,1-2H3. The van der Waals surface area contributed by atoms with Crippen LogP contribution in [0.1, 0.15) is 25.1 Å². The highest BCUT2D eigenvalue weighted by atomic mass is 16.5. The molecule has 0 fully saturated rings. The van der Waals surface area contributed by atoms with E-state index in [1.807, 2.05) is 74.5 Å². The maximum absolute atomic E-state index is 12.4. The zero-order valence-electron chi connectivity index (χ0n) is 13.7. The van der Waals surface area contributed by atoms with Gasteiger partial charge >= 0.3 is 5.97 Å². The van der Waals surface area contributed by atoms with Crippen LogP contribution in [0.4, 0.5) is 0 Å². The molecule has 0 N–H and O–H groups in total. The summed E-state index contributed by atoms with van der Waals surface area (Å²) in [6.07, 6.45) is 1.52. The van der Waals surface area contributed by atoms with Gasteiger partial charge in [0.1, 0.15) is 18.6 Å². The fraction of sp³-hybridized carbons (Fsp3) is 0.200. The monoisotopic (exact) mass is 321 g/mol. The Bertz CT molecular complexity index is 807. The van der Waals surface area contributed by atoms with Crippen LogP contribution in [-0.4, -0.2) is 11.0 Å². The topological polar surface area (TPSA) is 52.3 Å². The first kappa shape index (κ1) is 16.0. The van der Waals surface area contributed by atoms with Crippen molar-refractivity contribution < 1.29 is 13.9 Å². The van der Waals surface area contributed by atoms with Crippen molar-refractivity contribution in [2.75, 3.05) is 0 Å². The van der Waals surface area contributed by atoms with Crippen LogP contribution in [0.25, 0.3) is 11.5 Å². The highest BCUT2D eigenvalue weighted by Crippen LogP contribution is 2.25. The maximum atomic E-state index is 12.4. The van der Waals surface area contributed by atoms with Crippen molar-refractivity contribution >= 4 is 5.97 Å². The van der Waals surface area contributed by atoms with Gasteiger partial charge in [-0.25, -0.2) is 4.98 Å². The third-order valence-electron chi connectivity index (χ3n) is 3.93. The van der Waals surface area contributed by atoms with E-state index in [2.05, 4.69) is 4.98 Å². The predicted molar refractivity (Wildman–Crippen MR) is 91.2 cm³/mol. The van der Waals surface area contributed by atoms with E-state index in [4.69, 9.17) is 9.15 Å². The Morgan fingerprint density at radius 1 is 1.04 bits per heavy atom. The van der Waals surface area contributed by atoms with Crippen molar-refractivity contribution in [3.8, 4) is 11.5 Å². The first-order valence-corrected chi connectivity index (χ1v) is 7.80. The van der Waals surface area contributed by atoms with E-state index in [0.717, 1.165) is 11.1 Å². The zero-order valence-corrected chi connectivity index (χ0v) is 13.7. The molecule has 0 atom stereocenters.